The molecule has 4 aromatic carbocycles. The van der Waals surface area contributed by atoms with Crippen molar-refractivity contribution in [1.82, 2.24) is 0 Å². The molecule has 0 saturated heterocycles. The first-order valence-electron chi connectivity index (χ1n) is 12.1. The van der Waals surface area contributed by atoms with E-state index < -0.39 is 0 Å². The monoisotopic (exact) mass is 462 g/mol. The molecule has 0 fully saturated rings. The smallest absolute Gasteiger partial charge is 0.139 e. The van der Waals surface area contributed by atoms with Gasteiger partial charge < -0.3 is 4.42 Å². The summed E-state index contributed by atoms with van der Waals surface area (Å²) >= 11 is 1.88. The number of fused-ring (bicyclic) bond motifs is 6. The Labute approximate surface area is 205 Å². The standard InChI is InChI=1S/C32H30OS/c1-31(2,3)26-11-8-10-23-24-17-20(13-15-27(24)33-30(23)26)19-32(4,5)21-14-16-29-25(18-21)22-9-6-7-12-28(22)34-29/h6-18H,19H2,1-5H3. The predicted molar refractivity (Wildman–Crippen MR) is 148 cm³/mol. The Kier molecular flexibility index (Phi) is 4.70. The van der Waals surface area contributed by atoms with Gasteiger partial charge in [0.2, 0.25) is 0 Å². The minimum atomic E-state index is 0.0149. The summed E-state index contributed by atoms with van der Waals surface area (Å²) < 4.78 is 9.08. The van der Waals surface area contributed by atoms with Crippen LogP contribution < -0.4 is 0 Å². The van der Waals surface area contributed by atoms with Gasteiger partial charge in [-0.2, -0.15) is 0 Å². The first-order valence-corrected chi connectivity index (χ1v) is 12.9. The molecular weight excluding hydrogens is 432 g/mol. The maximum Gasteiger partial charge on any atom is 0.139 e. The highest BCUT2D eigenvalue weighted by atomic mass is 32.1. The molecule has 34 heavy (non-hydrogen) atoms. The van der Waals surface area contributed by atoms with Crippen LogP contribution in [-0.2, 0) is 17.3 Å². The fourth-order valence-electron chi connectivity index (χ4n) is 5.31. The van der Waals surface area contributed by atoms with Crippen molar-refractivity contribution < 1.29 is 4.42 Å². The fraction of sp³-hybridized carbons (Fsp3) is 0.250. The maximum atomic E-state index is 6.36. The Morgan fingerprint density at radius 3 is 2.26 bits per heavy atom. The van der Waals surface area contributed by atoms with Gasteiger partial charge in [0, 0.05) is 36.5 Å². The molecule has 6 aromatic rings. The van der Waals surface area contributed by atoms with Gasteiger partial charge in [-0.15, -0.1) is 11.3 Å². The zero-order chi connectivity index (χ0) is 23.7. The number of thiophene rings is 1. The van der Waals surface area contributed by atoms with E-state index in [0.29, 0.717) is 0 Å². The lowest BCUT2D eigenvalue weighted by Gasteiger charge is -2.26. The molecule has 0 unspecified atom stereocenters. The number of para-hydroxylation sites is 1. The SMILES string of the molecule is CC(C)(C)c1cccc2c1oc1ccc(CC(C)(C)c3ccc4sc5ccccc5c4c3)cc12. The van der Waals surface area contributed by atoms with E-state index in [1.165, 1.54) is 47.6 Å². The van der Waals surface area contributed by atoms with Crippen LogP contribution >= 0.6 is 11.3 Å². The molecule has 0 saturated carbocycles. The molecule has 0 amide bonds. The van der Waals surface area contributed by atoms with Crippen molar-refractivity contribution >= 4 is 53.4 Å². The molecule has 0 N–H and O–H groups in total. The quantitative estimate of drug-likeness (QED) is 0.255. The van der Waals surface area contributed by atoms with Crippen LogP contribution in [0.5, 0.6) is 0 Å². The Morgan fingerprint density at radius 1 is 0.676 bits per heavy atom. The van der Waals surface area contributed by atoms with Gasteiger partial charge in [0.15, 0.2) is 0 Å². The van der Waals surface area contributed by atoms with Gasteiger partial charge in [-0.25, -0.2) is 0 Å². The highest BCUT2D eigenvalue weighted by Gasteiger charge is 2.24. The molecule has 170 valence electrons. The average molecular weight is 463 g/mol. The Balaban J connectivity index is 1.41. The Morgan fingerprint density at radius 2 is 1.44 bits per heavy atom. The van der Waals surface area contributed by atoms with E-state index in [-0.39, 0.29) is 10.8 Å². The van der Waals surface area contributed by atoms with E-state index in [9.17, 15) is 0 Å². The van der Waals surface area contributed by atoms with Crippen molar-refractivity contribution in [3.05, 3.63) is 95.6 Å². The summed E-state index contributed by atoms with van der Waals surface area (Å²) in [4.78, 5) is 0. The van der Waals surface area contributed by atoms with Crippen LogP contribution in [0.15, 0.2) is 83.3 Å². The first kappa shape index (κ1) is 21.4. The largest absolute Gasteiger partial charge is 0.456 e. The summed E-state index contributed by atoms with van der Waals surface area (Å²) in [7, 11) is 0. The summed E-state index contributed by atoms with van der Waals surface area (Å²) in [6.45, 7) is 11.5. The van der Waals surface area contributed by atoms with E-state index in [1.807, 2.05) is 11.3 Å². The Hall–Kier alpha value is -3.10. The molecule has 1 nitrogen and oxygen atoms in total. The van der Waals surface area contributed by atoms with Crippen LogP contribution in [0.4, 0.5) is 0 Å². The van der Waals surface area contributed by atoms with Crippen LogP contribution in [0.1, 0.15) is 51.3 Å². The van der Waals surface area contributed by atoms with Crippen LogP contribution in [0.25, 0.3) is 42.1 Å². The van der Waals surface area contributed by atoms with E-state index in [1.54, 1.807) is 0 Å². The zero-order valence-electron chi connectivity index (χ0n) is 20.5. The molecule has 0 bridgehead atoms. The van der Waals surface area contributed by atoms with Crippen LogP contribution in [0.2, 0.25) is 0 Å². The van der Waals surface area contributed by atoms with Gasteiger partial charge in [0.1, 0.15) is 11.2 Å². The first-order chi connectivity index (χ1) is 16.2. The van der Waals surface area contributed by atoms with Gasteiger partial charge in [0.05, 0.1) is 0 Å². The molecule has 2 aromatic heterocycles. The van der Waals surface area contributed by atoms with Crippen molar-refractivity contribution in [1.29, 1.82) is 0 Å². The number of hydrogen-bond acceptors (Lipinski definition) is 2. The lowest BCUT2D eigenvalue weighted by molar-refractivity contribution is 0.523. The van der Waals surface area contributed by atoms with E-state index in [0.717, 1.165) is 17.6 Å². The molecule has 6 rings (SSSR count). The molecule has 0 aliphatic heterocycles. The molecule has 0 aliphatic carbocycles. The minimum absolute atomic E-state index is 0.0149. The van der Waals surface area contributed by atoms with Gasteiger partial charge in [-0.3, -0.25) is 0 Å². The Bertz CT molecular complexity index is 1690. The number of benzene rings is 4. The second-order valence-electron chi connectivity index (χ2n) is 11.2. The van der Waals surface area contributed by atoms with Crippen molar-refractivity contribution in [3.8, 4) is 0 Å². The third-order valence-corrected chi connectivity index (χ3v) is 8.33. The molecular formula is C32H30OS. The summed E-state index contributed by atoms with van der Waals surface area (Å²) in [5, 5.41) is 5.17. The van der Waals surface area contributed by atoms with Crippen molar-refractivity contribution in [2.75, 3.05) is 0 Å². The van der Waals surface area contributed by atoms with Crippen molar-refractivity contribution in [2.24, 2.45) is 0 Å². The molecule has 2 heteroatoms. The van der Waals surface area contributed by atoms with E-state index >= 15 is 0 Å². The van der Waals surface area contributed by atoms with Crippen LogP contribution in [0.3, 0.4) is 0 Å². The second-order valence-corrected chi connectivity index (χ2v) is 12.3. The van der Waals surface area contributed by atoms with Gasteiger partial charge in [-0.05, 0) is 58.7 Å². The topological polar surface area (TPSA) is 13.1 Å². The second kappa shape index (κ2) is 7.45. The predicted octanol–water partition coefficient (Wildman–Crippen LogP) is 9.77. The third-order valence-electron chi connectivity index (χ3n) is 7.17. The molecule has 0 aliphatic rings. The molecule has 0 spiro atoms. The summed E-state index contributed by atoms with van der Waals surface area (Å²) in [5.41, 5.74) is 6.05. The number of hydrogen-bond donors (Lipinski definition) is 0. The maximum absolute atomic E-state index is 6.36. The zero-order valence-corrected chi connectivity index (χ0v) is 21.3. The highest BCUT2D eigenvalue weighted by molar-refractivity contribution is 7.25. The lowest BCUT2D eigenvalue weighted by Crippen LogP contribution is -2.20. The van der Waals surface area contributed by atoms with Gasteiger partial charge in [-0.1, -0.05) is 83.1 Å². The van der Waals surface area contributed by atoms with Crippen LogP contribution in [0, 0.1) is 0 Å². The fourth-order valence-corrected chi connectivity index (χ4v) is 6.39. The minimum Gasteiger partial charge on any atom is -0.456 e. The van der Waals surface area contributed by atoms with Crippen molar-refractivity contribution in [3.63, 3.8) is 0 Å². The normalized spacial score (nSPS) is 13.0. The summed E-state index contributed by atoms with van der Waals surface area (Å²) in [6.07, 6.45) is 0.974. The number of rotatable bonds is 3. The van der Waals surface area contributed by atoms with Crippen molar-refractivity contribution in [2.45, 2.75) is 51.9 Å². The molecule has 0 radical (unpaired) electrons. The molecule has 2 heterocycles. The summed E-state index contributed by atoms with van der Waals surface area (Å²) in [5.74, 6) is 0. The lowest BCUT2D eigenvalue weighted by atomic mass is 9.78. The third kappa shape index (κ3) is 3.44. The van der Waals surface area contributed by atoms with Crippen LogP contribution in [-0.4, -0.2) is 0 Å². The summed E-state index contributed by atoms with van der Waals surface area (Å²) in [6, 6.07) is 29.1. The van der Waals surface area contributed by atoms with Gasteiger partial charge in [0.25, 0.3) is 0 Å². The molecule has 0 atom stereocenters. The highest BCUT2D eigenvalue weighted by Crippen LogP contribution is 2.39. The van der Waals surface area contributed by atoms with Gasteiger partial charge >= 0.3 is 0 Å². The van der Waals surface area contributed by atoms with E-state index in [2.05, 4.69) is 113 Å². The number of furan rings is 1. The average Bonchev–Trinajstić information content (AvgIpc) is 3.35. The van der Waals surface area contributed by atoms with E-state index in [4.69, 9.17) is 4.42 Å².